The fraction of sp³-hybridized carbons (Fsp3) is 0.348. The zero-order chi connectivity index (χ0) is 19.0. The van der Waals surface area contributed by atoms with Crippen molar-refractivity contribution in [3.8, 4) is 16.9 Å². The van der Waals surface area contributed by atoms with E-state index in [-0.39, 0.29) is 6.10 Å². The van der Waals surface area contributed by atoms with Gasteiger partial charge in [0.25, 0.3) is 0 Å². The monoisotopic (exact) mass is 360 g/mol. The lowest BCUT2D eigenvalue weighted by Crippen LogP contribution is -2.33. The molecular weight excluding hydrogens is 336 g/mol. The number of hydrogen-bond acceptors (Lipinski definition) is 3. The summed E-state index contributed by atoms with van der Waals surface area (Å²) in [7, 11) is 0. The van der Waals surface area contributed by atoms with Crippen LogP contribution < -0.4 is 0 Å². The fourth-order valence-electron chi connectivity index (χ4n) is 3.63. The maximum absolute atomic E-state index is 11.2. The van der Waals surface area contributed by atoms with E-state index in [4.69, 9.17) is 5.10 Å². The van der Waals surface area contributed by atoms with Gasteiger partial charge in [-0.3, -0.25) is 0 Å². The first kappa shape index (κ1) is 17.8. The summed E-state index contributed by atoms with van der Waals surface area (Å²) in [5.74, 6) is 0. The van der Waals surface area contributed by atoms with Crippen molar-refractivity contribution in [2.24, 2.45) is 0 Å². The van der Waals surface area contributed by atoms with Gasteiger partial charge < -0.3 is 10.2 Å². The third-order valence-electron chi connectivity index (χ3n) is 5.42. The van der Waals surface area contributed by atoms with Crippen LogP contribution in [0.4, 0.5) is 0 Å². The third kappa shape index (κ3) is 3.49. The van der Waals surface area contributed by atoms with Gasteiger partial charge >= 0.3 is 0 Å². The molecule has 0 aliphatic heterocycles. The summed E-state index contributed by atoms with van der Waals surface area (Å²) in [4.78, 5) is 0. The lowest BCUT2D eigenvalue weighted by atomic mass is 9.81. The molecule has 4 heteroatoms. The van der Waals surface area contributed by atoms with Gasteiger partial charge in [-0.1, -0.05) is 29.8 Å². The molecule has 1 aromatic heterocycles. The first-order chi connectivity index (χ1) is 12.9. The normalized spacial score (nSPS) is 22.4. The molecule has 1 fully saturated rings. The molecule has 0 atom stereocenters. The Labute approximate surface area is 160 Å². The van der Waals surface area contributed by atoms with Gasteiger partial charge in [0.05, 0.1) is 28.7 Å². The average Bonchev–Trinajstić information content (AvgIpc) is 3.12. The van der Waals surface area contributed by atoms with Crippen molar-refractivity contribution >= 4 is 0 Å². The maximum atomic E-state index is 11.2. The summed E-state index contributed by atoms with van der Waals surface area (Å²) >= 11 is 0. The molecule has 1 aliphatic carbocycles. The van der Waals surface area contributed by atoms with Crippen LogP contribution in [0, 0.1) is 26.0 Å². The Bertz CT molecular complexity index is 855. The Morgan fingerprint density at radius 1 is 1.04 bits per heavy atom. The van der Waals surface area contributed by atoms with Gasteiger partial charge in [-0.15, -0.1) is 0 Å². The van der Waals surface area contributed by atoms with Crippen molar-refractivity contribution in [2.45, 2.75) is 51.2 Å². The number of aromatic nitrogens is 2. The Morgan fingerprint density at radius 2 is 1.74 bits per heavy atom. The molecular formula is C23H24N2O2. The number of benzene rings is 1. The highest BCUT2D eigenvalue weighted by atomic mass is 16.3. The van der Waals surface area contributed by atoms with E-state index in [1.807, 2.05) is 41.9 Å². The topological polar surface area (TPSA) is 58.3 Å². The fourth-order valence-corrected chi connectivity index (χ4v) is 3.63. The summed E-state index contributed by atoms with van der Waals surface area (Å²) in [6.45, 7) is 4.04. The molecule has 0 spiro atoms. The van der Waals surface area contributed by atoms with E-state index < -0.39 is 5.60 Å². The molecule has 0 amide bonds. The van der Waals surface area contributed by atoms with Crippen LogP contribution in [0.1, 0.15) is 42.5 Å². The molecule has 27 heavy (non-hydrogen) atoms. The van der Waals surface area contributed by atoms with Crippen LogP contribution in [0.5, 0.6) is 0 Å². The molecule has 4 nitrogen and oxygen atoms in total. The summed E-state index contributed by atoms with van der Waals surface area (Å²) in [5, 5.41) is 25.8. The minimum Gasteiger partial charge on any atom is -0.393 e. The molecule has 0 unspecified atom stereocenters. The molecule has 0 radical (unpaired) electrons. The van der Waals surface area contributed by atoms with Crippen molar-refractivity contribution in [2.75, 3.05) is 0 Å². The summed E-state index contributed by atoms with van der Waals surface area (Å²) < 4.78 is 1.87. The standard InChI is InChI=1S/C23H24N2O2/c1-16-3-7-18(8-4-16)21-15-22(23(27)13-11-20(26)12-14-23)24-25(21)19-9-5-17(2)6-10-19/h3,5-7,9-10,15,20,26-27H,11-14H2,1-2H3. The molecule has 0 saturated heterocycles. The van der Waals surface area contributed by atoms with Crippen LogP contribution in [0.3, 0.4) is 0 Å². The highest BCUT2D eigenvalue weighted by molar-refractivity contribution is 5.61. The van der Waals surface area contributed by atoms with Crippen LogP contribution in [0.15, 0.2) is 42.5 Å². The lowest BCUT2D eigenvalue weighted by Gasteiger charge is -2.32. The van der Waals surface area contributed by atoms with Crippen molar-refractivity contribution in [1.82, 2.24) is 9.78 Å². The number of aliphatic hydroxyl groups excluding tert-OH is 1. The second-order valence-electron chi connectivity index (χ2n) is 7.60. The van der Waals surface area contributed by atoms with E-state index >= 15 is 0 Å². The molecule has 2 N–H and O–H groups in total. The highest BCUT2D eigenvalue weighted by Crippen LogP contribution is 2.38. The lowest BCUT2D eigenvalue weighted by molar-refractivity contribution is -0.0393. The van der Waals surface area contributed by atoms with Crippen molar-refractivity contribution < 1.29 is 10.2 Å². The minimum atomic E-state index is -1.00. The van der Waals surface area contributed by atoms with E-state index in [2.05, 4.69) is 31.2 Å². The van der Waals surface area contributed by atoms with E-state index in [1.54, 1.807) is 0 Å². The van der Waals surface area contributed by atoms with Crippen molar-refractivity contribution in [3.63, 3.8) is 0 Å². The Kier molecular flexibility index (Phi) is 4.51. The Morgan fingerprint density at radius 3 is 2.37 bits per heavy atom. The summed E-state index contributed by atoms with van der Waals surface area (Å²) in [5.41, 5.74) is 4.57. The van der Waals surface area contributed by atoms with E-state index in [0.29, 0.717) is 31.4 Å². The SMILES string of the molecule is Cc1c#cc(-c2cc(C3(O)CCC(O)CC3)nn2-c2ccc(C)cc2)cc1. The molecule has 0 bridgehead atoms. The van der Waals surface area contributed by atoms with Gasteiger partial charge in [0.1, 0.15) is 5.60 Å². The quantitative estimate of drug-likeness (QED) is 0.745. The second kappa shape index (κ2) is 6.84. The average molecular weight is 360 g/mol. The smallest absolute Gasteiger partial charge is 0.109 e. The Balaban J connectivity index is 1.82. The maximum Gasteiger partial charge on any atom is 0.109 e. The molecule has 138 valence electrons. The highest BCUT2D eigenvalue weighted by Gasteiger charge is 2.37. The second-order valence-corrected chi connectivity index (χ2v) is 7.60. The molecule has 1 aliphatic rings. The van der Waals surface area contributed by atoms with Gasteiger partial charge in [0.2, 0.25) is 0 Å². The summed E-state index contributed by atoms with van der Waals surface area (Å²) in [6, 6.07) is 20.5. The Hall–Kier alpha value is -2.61. The third-order valence-corrected chi connectivity index (χ3v) is 5.42. The zero-order valence-corrected chi connectivity index (χ0v) is 15.7. The van der Waals surface area contributed by atoms with Crippen LogP contribution >= 0.6 is 0 Å². The molecule has 1 saturated carbocycles. The largest absolute Gasteiger partial charge is 0.393 e. The number of nitrogens with zero attached hydrogens (tertiary/aromatic N) is 2. The molecule has 4 rings (SSSR count). The molecule has 2 aromatic carbocycles. The van der Waals surface area contributed by atoms with E-state index in [9.17, 15) is 10.2 Å². The van der Waals surface area contributed by atoms with Crippen LogP contribution in [0.2, 0.25) is 0 Å². The number of rotatable bonds is 3. The van der Waals surface area contributed by atoms with E-state index in [0.717, 1.165) is 22.5 Å². The predicted octanol–water partition coefficient (Wildman–Crippen LogP) is 3.88. The molecule has 3 aromatic rings. The van der Waals surface area contributed by atoms with Crippen LogP contribution in [-0.4, -0.2) is 26.1 Å². The first-order valence-electron chi connectivity index (χ1n) is 9.44. The number of aryl methyl sites for hydroxylation is 2. The van der Waals surface area contributed by atoms with Gasteiger partial charge in [-0.2, -0.15) is 5.10 Å². The summed E-state index contributed by atoms with van der Waals surface area (Å²) in [6.07, 6.45) is 1.88. The van der Waals surface area contributed by atoms with Crippen molar-refractivity contribution in [3.05, 3.63) is 71.4 Å². The zero-order valence-electron chi connectivity index (χ0n) is 15.7. The first-order valence-corrected chi connectivity index (χ1v) is 9.44. The van der Waals surface area contributed by atoms with Crippen LogP contribution in [0.25, 0.3) is 16.9 Å². The number of hydrogen-bond donors (Lipinski definition) is 2. The van der Waals surface area contributed by atoms with Gasteiger partial charge in [-0.25, -0.2) is 4.68 Å². The number of aliphatic hydroxyl groups is 2. The van der Waals surface area contributed by atoms with E-state index in [1.165, 1.54) is 5.56 Å². The van der Waals surface area contributed by atoms with Gasteiger partial charge in [0.15, 0.2) is 0 Å². The van der Waals surface area contributed by atoms with Crippen LogP contribution in [-0.2, 0) is 5.60 Å². The molecule has 1 heterocycles. The van der Waals surface area contributed by atoms with Gasteiger partial charge in [-0.05, 0) is 75.4 Å². The van der Waals surface area contributed by atoms with Gasteiger partial charge in [0, 0.05) is 0 Å². The minimum absolute atomic E-state index is 0.330. The predicted molar refractivity (Wildman–Crippen MR) is 105 cm³/mol. The van der Waals surface area contributed by atoms with Crippen molar-refractivity contribution in [1.29, 1.82) is 0 Å².